The van der Waals surface area contributed by atoms with Gasteiger partial charge >= 0.3 is 0 Å². The number of anilines is 2. The highest BCUT2D eigenvalue weighted by Crippen LogP contribution is 2.35. The van der Waals surface area contributed by atoms with Gasteiger partial charge in [0.2, 0.25) is 5.95 Å². The number of nitrogens with zero attached hydrogens (tertiary/aromatic N) is 5. The molecule has 0 bridgehead atoms. The molecule has 0 saturated carbocycles. The van der Waals surface area contributed by atoms with Crippen molar-refractivity contribution in [2.45, 2.75) is 18.8 Å². The molecular weight excluding hydrogens is 344 g/mol. The molecule has 3 aromatic rings. The predicted octanol–water partition coefficient (Wildman–Crippen LogP) is 2.35. The number of benzene rings is 1. The molecule has 3 heterocycles. The Morgan fingerprint density at radius 1 is 1.07 bits per heavy atom. The van der Waals surface area contributed by atoms with Crippen LogP contribution in [0.4, 0.5) is 11.8 Å². The van der Waals surface area contributed by atoms with Crippen LogP contribution in [0.5, 0.6) is 11.5 Å². The monoisotopic (exact) mass is 368 g/mol. The van der Waals surface area contributed by atoms with E-state index in [-0.39, 0.29) is 0 Å². The summed E-state index contributed by atoms with van der Waals surface area (Å²) in [5, 5.41) is 5.05. The van der Waals surface area contributed by atoms with Crippen LogP contribution < -0.4 is 20.1 Å². The second-order valence-electron chi connectivity index (χ2n) is 6.84. The Morgan fingerprint density at radius 2 is 1.78 bits per heavy atom. The molecule has 1 fully saturated rings. The van der Waals surface area contributed by atoms with Crippen LogP contribution in [0.2, 0.25) is 0 Å². The van der Waals surface area contributed by atoms with Gasteiger partial charge in [-0.25, -0.2) is 4.98 Å². The zero-order valence-corrected chi connectivity index (χ0v) is 15.8. The summed E-state index contributed by atoms with van der Waals surface area (Å²) in [4.78, 5) is 11.5. The highest BCUT2D eigenvalue weighted by Gasteiger charge is 2.24. The van der Waals surface area contributed by atoms with E-state index in [2.05, 4.69) is 21.2 Å². The molecule has 0 aliphatic carbocycles. The highest BCUT2D eigenvalue weighted by atomic mass is 16.5. The SMILES string of the molecule is COc1cc2nc(N3CCC(c4cnn(C)c4)CC3)nc(N)c2cc1OC. The number of aryl methyl sites for hydroxylation is 1. The maximum absolute atomic E-state index is 6.21. The second-order valence-corrected chi connectivity index (χ2v) is 6.84. The van der Waals surface area contributed by atoms with Crippen molar-refractivity contribution in [2.75, 3.05) is 37.9 Å². The van der Waals surface area contributed by atoms with E-state index in [9.17, 15) is 0 Å². The Kier molecular flexibility index (Phi) is 4.47. The Bertz CT molecular complexity index is 962. The summed E-state index contributed by atoms with van der Waals surface area (Å²) < 4.78 is 12.6. The smallest absolute Gasteiger partial charge is 0.227 e. The summed E-state index contributed by atoms with van der Waals surface area (Å²) in [7, 11) is 5.16. The number of fused-ring (bicyclic) bond motifs is 1. The minimum atomic E-state index is 0.449. The molecule has 1 aliphatic rings. The third-order valence-corrected chi connectivity index (χ3v) is 5.19. The number of ether oxygens (including phenoxy) is 2. The van der Waals surface area contributed by atoms with Gasteiger partial charge in [-0.1, -0.05) is 0 Å². The molecule has 0 unspecified atom stereocenters. The lowest BCUT2D eigenvalue weighted by atomic mass is 9.92. The molecular formula is C19H24N6O2. The van der Waals surface area contributed by atoms with Crippen molar-refractivity contribution in [1.29, 1.82) is 0 Å². The average Bonchev–Trinajstić information content (AvgIpc) is 3.13. The predicted molar refractivity (Wildman–Crippen MR) is 104 cm³/mol. The van der Waals surface area contributed by atoms with Crippen LogP contribution in [0, 0.1) is 0 Å². The quantitative estimate of drug-likeness (QED) is 0.756. The summed E-state index contributed by atoms with van der Waals surface area (Å²) in [5.41, 5.74) is 8.27. The van der Waals surface area contributed by atoms with Crippen molar-refractivity contribution in [2.24, 2.45) is 7.05 Å². The standard InChI is InChI=1S/C19H24N6O2/c1-24-11-13(10-21-24)12-4-6-25(7-5-12)19-22-15-9-17(27-3)16(26-2)8-14(15)18(20)23-19/h8-12H,4-7H2,1-3H3,(H2,20,22,23). The zero-order chi connectivity index (χ0) is 19.0. The van der Waals surface area contributed by atoms with Crippen molar-refractivity contribution in [1.82, 2.24) is 19.7 Å². The summed E-state index contributed by atoms with van der Waals surface area (Å²) in [6.45, 7) is 1.77. The molecule has 4 rings (SSSR count). The first-order chi connectivity index (χ1) is 13.1. The van der Waals surface area contributed by atoms with Gasteiger partial charge in [0, 0.05) is 37.8 Å². The maximum atomic E-state index is 6.21. The first-order valence-corrected chi connectivity index (χ1v) is 9.01. The van der Waals surface area contributed by atoms with Gasteiger partial charge in [-0.2, -0.15) is 10.1 Å². The molecule has 27 heavy (non-hydrogen) atoms. The molecule has 2 N–H and O–H groups in total. The molecule has 0 radical (unpaired) electrons. The molecule has 0 amide bonds. The van der Waals surface area contributed by atoms with E-state index in [0.717, 1.165) is 36.8 Å². The van der Waals surface area contributed by atoms with E-state index >= 15 is 0 Å². The van der Waals surface area contributed by atoms with Gasteiger partial charge in [-0.3, -0.25) is 4.68 Å². The van der Waals surface area contributed by atoms with Crippen LogP contribution in [-0.4, -0.2) is 47.1 Å². The third-order valence-electron chi connectivity index (χ3n) is 5.19. The normalized spacial score (nSPS) is 15.3. The number of hydrogen-bond donors (Lipinski definition) is 1. The van der Waals surface area contributed by atoms with Crippen molar-refractivity contribution >= 4 is 22.7 Å². The fourth-order valence-electron chi connectivity index (χ4n) is 3.67. The summed E-state index contributed by atoms with van der Waals surface area (Å²) in [6.07, 6.45) is 6.15. The van der Waals surface area contributed by atoms with Crippen molar-refractivity contribution < 1.29 is 9.47 Å². The molecule has 1 aromatic carbocycles. The number of nitrogen functional groups attached to an aromatic ring is 1. The Morgan fingerprint density at radius 3 is 2.41 bits per heavy atom. The maximum Gasteiger partial charge on any atom is 0.227 e. The third kappa shape index (κ3) is 3.22. The number of rotatable bonds is 4. The van der Waals surface area contributed by atoms with Crippen LogP contribution in [0.25, 0.3) is 10.9 Å². The van der Waals surface area contributed by atoms with Gasteiger partial charge in [0.15, 0.2) is 11.5 Å². The van der Waals surface area contributed by atoms with E-state index in [1.807, 2.05) is 30.1 Å². The number of piperidine rings is 1. The van der Waals surface area contributed by atoms with Crippen LogP contribution in [0.3, 0.4) is 0 Å². The van der Waals surface area contributed by atoms with E-state index in [0.29, 0.717) is 29.2 Å². The van der Waals surface area contributed by atoms with Crippen LogP contribution in [0.15, 0.2) is 24.5 Å². The van der Waals surface area contributed by atoms with Crippen molar-refractivity contribution in [3.8, 4) is 11.5 Å². The number of nitrogens with two attached hydrogens (primary N) is 1. The highest BCUT2D eigenvalue weighted by molar-refractivity contribution is 5.91. The molecule has 142 valence electrons. The first kappa shape index (κ1) is 17.4. The number of aromatic nitrogens is 4. The minimum absolute atomic E-state index is 0.449. The van der Waals surface area contributed by atoms with Crippen molar-refractivity contribution in [3.05, 3.63) is 30.1 Å². The number of hydrogen-bond acceptors (Lipinski definition) is 7. The fourth-order valence-corrected chi connectivity index (χ4v) is 3.67. The lowest BCUT2D eigenvalue weighted by Gasteiger charge is -2.31. The average molecular weight is 368 g/mol. The summed E-state index contributed by atoms with van der Waals surface area (Å²) in [6, 6.07) is 3.67. The number of methoxy groups -OCH3 is 2. The van der Waals surface area contributed by atoms with Gasteiger partial charge in [0.1, 0.15) is 5.82 Å². The van der Waals surface area contributed by atoms with Gasteiger partial charge in [-0.15, -0.1) is 0 Å². The lowest BCUT2D eigenvalue weighted by Crippen LogP contribution is -2.34. The molecule has 2 aromatic heterocycles. The van der Waals surface area contributed by atoms with E-state index < -0.39 is 0 Å². The second kappa shape index (κ2) is 6.94. The summed E-state index contributed by atoms with van der Waals surface area (Å²) in [5.74, 6) is 2.88. The molecule has 8 nitrogen and oxygen atoms in total. The van der Waals surface area contributed by atoms with Crippen LogP contribution in [-0.2, 0) is 7.05 Å². The van der Waals surface area contributed by atoms with Gasteiger partial charge in [-0.05, 0) is 30.4 Å². The lowest BCUT2D eigenvalue weighted by molar-refractivity contribution is 0.356. The van der Waals surface area contributed by atoms with Gasteiger partial charge < -0.3 is 20.1 Å². The van der Waals surface area contributed by atoms with Crippen molar-refractivity contribution in [3.63, 3.8) is 0 Å². The Balaban J connectivity index is 1.59. The molecule has 0 atom stereocenters. The molecule has 8 heteroatoms. The van der Waals surface area contributed by atoms with E-state index in [1.165, 1.54) is 5.56 Å². The van der Waals surface area contributed by atoms with E-state index in [1.54, 1.807) is 14.2 Å². The van der Waals surface area contributed by atoms with Gasteiger partial charge in [0.25, 0.3) is 0 Å². The molecule has 0 spiro atoms. The minimum Gasteiger partial charge on any atom is -0.493 e. The summed E-state index contributed by atoms with van der Waals surface area (Å²) >= 11 is 0. The topological polar surface area (TPSA) is 91.3 Å². The largest absolute Gasteiger partial charge is 0.493 e. The van der Waals surface area contributed by atoms with Gasteiger partial charge in [0.05, 0.1) is 25.9 Å². The molecule has 1 saturated heterocycles. The zero-order valence-electron chi connectivity index (χ0n) is 15.8. The Hall–Kier alpha value is -3.03. The van der Waals surface area contributed by atoms with Crippen LogP contribution >= 0.6 is 0 Å². The molecule has 1 aliphatic heterocycles. The first-order valence-electron chi connectivity index (χ1n) is 9.01. The van der Waals surface area contributed by atoms with Crippen LogP contribution in [0.1, 0.15) is 24.3 Å². The van der Waals surface area contributed by atoms with E-state index in [4.69, 9.17) is 20.2 Å². The Labute approximate surface area is 157 Å². The fraction of sp³-hybridized carbons (Fsp3) is 0.421.